The number of ether oxygens (including phenoxy) is 1. The van der Waals surface area contributed by atoms with Gasteiger partial charge < -0.3 is 20.3 Å². The summed E-state index contributed by atoms with van der Waals surface area (Å²) in [6.45, 7) is 2.49. The third kappa shape index (κ3) is 3.15. The molecule has 5 heteroatoms. The largest absolute Gasteiger partial charge is 0.508 e. The Morgan fingerprint density at radius 1 is 1.23 bits per heavy atom. The first kappa shape index (κ1) is 16.9. The monoisotopic (exact) mass is 353 g/mol. The van der Waals surface area contributed by atoms with Crippen molar-refractivity contribution in [2.24, 2.45) is 5.92 Å². The Balaban J connectivity index is 1.59. The van der Waals surface area contributed by atoms with Crippen LogP contribution < -0.4 is 10.1 Å². The molecule has 0 saturated heterocycles. The van der Waals surface area contributed by atoms with E-state index in [4.69, 9.17) is 4.74 Å². The lowest BCUT2D eigenvalue weighted by Crippen LogP contribution is -2.41. The molecule has 5 nitrogen and oxygen atoms in total. The number of hydrogen-bond acceptors (Lipinski definition) is 4. The summed E-state index contributed by atoms with van der Waals surface area (Å²) in [5.41, 5.74) is 3.37. The van der Waals surface area contributed by atoms with E-state index in [1.54, 1.807) is 19.1 Å². The summed E-state index contributed by atoms with van der Waals surface area (Å²) in [7, 11) is 0. The number of phenols is 1. The van der Waals surface area contributed by atoms with E-state index in [2.05, 4.69) is 11.4 Å². The van der Waals surface area contributed by atoms with Gasteiger partial charge in [-0.3, -0.25) is 4.79 Å². The van der Waals surface area contributed by atoms with E-state index < -0.39 is 0 Å². The van der Waals surface area contributed by atoms with Gasteiger partial charge in [0.15, 0.2) is 0 Å². The molecule has 2 aliphatic rings. The SMILES string of the molecule is Cc1ccc(C(=O)NC(c2ccc3c(c2)CCO3)C2CC(O)C2)cc1O. The molecular formula is C21H23NO4. The molecule has 1 heterocycles. The minimum Gasteiger partial charge on any atom is -0.508 e. The van der Waals surface area contributed by atoms with Crippen LogP contribution in [0.25, 0.3) is 0 Å². The zero-order valence-corrected chi connectivity index (χ0v) is 14.7. The number of aromatic hydroxyl groups is 1. The average molecular weight is 353 g/mol. The van der Waals surface area contributed by atoms with Gasteiger partial charge in [0.25, 0.3) is 5.91 Å². The van der Waals surface area contributed by atoms with Gasteiger partial charge in [-0.05, 0) is 66.6 Å². The van der Waals surface area contributed by atoms with Gasteiger partial charge in [-0.15, -0.1) is 0 Å². The Hall–Kier alpha value is -2.53. The third-order valence-electron chi connectivity index (χ3n) is 5.45. The molecule has 1 saturated carbocycles. The summed E-state index contributed by atoms with van der Waals surface area (Å²) in [5.74, 6) is 1.01. The quantitative estimate of drug-likeness (QED) is 0.790. The van der Waals surface area contributed by atoms with Gasteiger partial charge in [-0.2, -0.15) is 0 Å². The smallest absolute Gasteiger partial charge is 0.251 e. The lowest BCUT2D eigenvalue weighted by atomic mass is 9.74. The number of fused-ring (bicyclic) bond motifs is 1. The lowest BCUT2D eigenvalue weighted by Gasteiger charge is -2.38. The Morgan fingerprint density at radius 3 is 2.77 bits per heavy atom. The maximum Gasteiger partial charge on any atom is 0.251 e. The van der Waals surface area contributed by atoms with Gasteiger partial charge in [0.1, 0.15) is 11.5 Å². The van der Waals surface area contributed by atoms with Crippen LogP contribution in [0.4, 0.5) is 0 Å². The predicted octanol–water partition coefficient (Wildman–Crippen LogP) is 2.88. The van der Waals surface area contributed by atoms with E-state index in [1.807, 2.05) is 12.1 Å². The van der Waals surface area contributed by atoms with Gasteiger partial charge in [0.2, 0.25) is 0 Å². The second-order valence-corrected chi connectivity index (χ2v) is 7.30. The molecule has 1 atom stereocenters. The van der Waals surface area contributed by atoms with E-state index in [-0.39, 0.29) is 29.7 Å². The van der Waals surface area contributed by atoms with E-state index in [9.17, 15) is 15.0 Å². The summed E-state index contributed by atoms with van der Waals surface area (Å²) in [6, 6.07) is 10.8. The summed E-state index contributed by atoms with van der Waals surface area (Å²) in [4.78, 5) is 12.7. The third-order valence-corrected chi connectivity index (χ3v) is 5.45. The van der Waals surface area contributed by atoms with Gasteiger partial charge >= 0.3 is 0 Å². The molecule has 0 radical (unpaired) electrons. The molecule has 2 aromatic rings. The number of phenolic OH excluding ortho intramolecular Hbond substituents is 1. The van der Waals surface area contributed by atoms with Crippen LogP contribution in [0.1, 0.15) is 45.9 Å². The first-order chi connectivity index (χ1) is 12.5. The number of rotatable bonds is 4. The summed E-state index contributed by atoms with van der Waals surface area (Å²) >= 11 is 0. The number of hydrogen-bond donors (Lipinski definition) is 3. The topological polar surface area (TPSA) is 78.8 Å². The summed E-state index contributed by atoms with van der Waals surface area (Å²) in [6.07, 6.45) is 1.94. The lowest BCUT2D eigenvalue weighted by molar-refractivity contribution is 0.0235. The fourth-order valence-corrected chi connectivity index (χ4v) is 3.75. The number of carbonyl (C=O) groups excluding carboxylic acids is 1. The Morgan fingerprint density at radius 2 is 2.04 bits per heavy atom. The Bertz CT molecular complexity index is 842. The fourth-order valence-electron chi connectivity index (χ4n) is 3.75. The molecule has 0 spiro atoms. The summed E-state index contributed by atoms with van der Waals surface area (Å²) < 4.78 is 5.57. The Kier molecular flexibility index (Phi) is 4.32. The second-order valence-electron chi connectivity index (χ2n) is 7.30. The molecule has 1 fully saturated rings. The highest BCUT2D eigenvalue weighted by Gasteiger charge is 2.36. The first-order valence-corrected chi connectivity index (χ1v) is 9.05. The molecule has 1 amide bonds. The Labute approximate surface area is 152 Å². The number of aryl methyl sites for hydroxylation is 1. The van der Waals surface area contributed by atoms with Gasteiger partial charge in [0, 0.05) is 12.0 Å². The van der Waals surface area contributed by atoms with Crippen LogP contribution >= 0.6 is 0 Å². The van der Waals surface area contributed by atoms with Crippen molar-refractivity contribution in [2.75, 3.05) is 6.61 Å². The van der Waals surface area contributed by atoms with Crippen molar-refractivity contribution in [3.63, 3.8) is 0 Å². The fraction of sp³-hybridized carbons (Fsp3) is 0.381. The molecule has 2 aromatic carbocycles. The van der Waals surface area contributed by atoms with Crippen LogP contribution in [-0.4, -0.2) is 28.8 Å². The van der Waals surface area contributed by atoms with Crippen LogP contribution in [0.15, 0.2) is 36.4 Å². The number of amides is 1. The highest BCUT2D eigenvalue weighted by Crippen LogP contribution is 2.40. The highest BCUT2D eigenvalue weighted by atomic mass is 16.5. The summed E-state index contributed by atoms with van der Waals surface area (Å²) in [5, 5.41) is 22.7. The van der Waals surface area contributed by atoms with Crippen LogP contribution in [0.2, 0.25) is 0 Å². The average Bonchev–Trinajstić information content (AvgIpc) is 3.07. The number of aliphatic hydroxyl groups is 1. The van der Waals surface area contributed by atoms with Gasteiger partial charge in [-0.1, -0.05) is 12.1 Å². The molecule has 0 bridgehead atoms. The van der Waals surface area contributed by atoms with Gasteiger partial charge in [0.05, 0.1) is 18.8 Å². The van der Waals surface area contributed by atoms with E-state index >= 15 is 0 Å². The number of benzene rings is 2. The van der Waals surface area contributed by atoms with Crippen LogP contribution in [0.5, 0.6) is 11.5 Å². The molecule has 3 N–H and O–H groups in total. The standard InChI is InChI=1S/C21H23NO4/c1-12-2-3-15(11-18(12)24)21(25)22-20(16-9-17(23)10-16)14-4-5-19-13(8-14)6-7-26-19/h2-5,8,11,16-17,20,23-24H,6-7,9-10H2,1H3,(H,22,25). The van der Waals surface area contributed by atoms with E-state index in [1.165, 1.54) is 6.07 Å². The minimum atomic E-state index is -0.291. The van der Waals surface area contributed by atoms with Crippen LogP contribution in [0.3, 0.4) is 0 Å². The number of aliphatic hydroxyl groups excluding tert-OH is 1. The van der Waals surface area contributed by atoms with Crippen molar-refractivity contribution in [2.45, 2.75) is 38.3 Å². The predicted molar refractivity (Wildman–Crippen MR) is 97.4 cm³/mol. The first-order valence-electron chi connectivity index (χ1n) is 9.05. The number of carbonyl (C=O) groups is 1. The minimum absolute atomic E-state index is 0.114. The maximum absolute atomic E-state index is 12.7. The van der Waals surface area contributed by atoms with Crippen molar-refractivity contribution in [1.29, 1.82) is 0 Å². The van der Waals surface area contributed by atoms with Crippen molar-refractivity contribution < 1.29 is 19.7 Å². The molecule has 4 rings (SSSR count). The molecule has 136 valence electrons. The van der Waals surface area contributed by atoms with Gasteiger partial charge in [-0.25, -0.2) is 0 Å². The highest BCUT2D eigenvalue weighted by molar-refractivity contribution is 5.95. The molecule has 1 aliphatic carbocycles. The van der Waals surface area contributed by atoms with Crippen LogP contribution in [0, 0.1) is 12.8 Å². The van der Waals surface area contributed by atoms with Crippen molar-refractivity contribution in [3.8, 4) is 11.5 Å². The number of nitrogens with one attached hydrogen (secondary N) is 1. The molecule has 26 heavy (non-hydrogen) atoms. The zero-order chi connectivity index (χ0) is 18.3. The molecular weight excluding hydrogens is 330 g/mol. The van der Waals surface area contributed by atoms with E-state index in [0.29, 0.717) is 25.0 Å². The zero-order valence-electron chi connectivity index (χ0n) is 14.7. The van der Waals surface area contributed by atoms with Crippen molar-refractivity contribution in [3.05, 3.63) is 58.7 Å². The van der Waals surface area contributed by atoms with Crippen LogP contribution in [-0.2, 0) is 6.42 Å². The van der Waals surface area contributed by atoms with Crippen molar-refractivity contribution in [1.82, 2.24) is 5.32 Å². The molecule has 1 aliphatic heterocycles. The second kappa shape index (κ2) is 6.65. The normalized spacial score (nSPS) is 22.1. The molecule has 1 unspecified atom stereocenters. The van der Waals surface area contributed by atoms with E-state index in [0.717, 1.165) is 28.9 Å². The maximum atomic E-state index is 12.7. The van der Waals surface area contributed by atoms with Crippen molar-refractivity contribution >= 4 is 5.91 Å². The molecule has 0 aromatic heterocycles.